The van der Waals surface area contributed by atoms with E-state index in [1.807, 2.05) is 34.9 Å². The van der Waals surface area contributed by atoms with Gasteiger partial charge < -0.3 is 4.57 Å². The van der Waals surface area contributed by atoms with Gasteiger partial charge in [-0.1, -0.05) is 55.4 Å². The largest absolute Gasteiger partial charge is 0.330 e. The number of hydrogen-bond acceptors (Lipinski definition) is 6. The summed E-state index contributed by atoms with van der Waals surface area (Å²) >= 11 is 1.45. The van der Waals surface area contributed by atoms with Crippen LogP contribution in [0.1, 0.15) is 31.2 Å². The summed E-state index contributed by atoms with van der Waals surface area (Å²) in [5.41, 5.74) is 0.937. The highest BCUT2D eigenvalue weighted by Gasteiger charge is 2.19. The highest BCUT2D eigenvalue weighted by Crippen LogP contribution is 2.21. The Morgan fingerprint density at radius 1 is 1.14 bits per heavy atom. The number of rotatable bonds is 8. The minimum Gasteiger partial charge on any atom is -0.321 e. The summed E-state index contributed by atoms with van der Waals surface area (Å²) in [7, 11) is 0. The summed E-state index contributed by atoms with van der Waals surface area (Å²) in [6.07, 6.45) is 3.34. The van der Waals surface area contributed by atoms with Crippen molar-refractivity contribution < 1.29 is 0 Å². The maximum atomic E-state index is 12.7. The van der Waals surface area contributed by atoms with Gasteiger partial charge in [0.2, 0.25) is 0 Å². The quantitative estimate of drug-likeness (QED) is 0.429. The number of aromatic amines is 2. The lowest BCUT2D eigenvalue weighted by atomic mass is 10.2. The highest BCUT2D eigenvalue weighted by atomic mass is 32.2. The molecule has 2 N–H and O–H groups in total. The molecule has 0 atom stereocenters. The topological polar surface area (TPSA) is 114 Å². The van der Waals surface area contributed by atoms with Crippen molar-refractivity contribution in [3.63, 3.8) is 0 Å². The van der Waals surface area contributed by atoms with E-state index in [9.17, 15) is 9.59 Å². The number of benzene rings is 1. The van der Waals surface area contributed by atoms with Gasteiger partial charge >= 0.3 is 5.69 Å². The van der Waals surface area contributed by atoms with E-state index in [0.29, 0.717) is 35.2 Å². The maximum absolute atomic E-state index is 12.7. The lowest BCUT2D eigenvalue weighted by Crippen LogP contribution is -2.31. The zero-order chi connectivity index (χ0) is 20.2. The summed E-state index contributed by atoms with van der Waals surface area (Å²) in [6, 6.07) is 9.65. The van der Waals surface area contributed by atoms with Crippen LogP contribution in [0.5, 0.6) is 0 Å². The first kappa shape index (κ1) is 19.2. The van der Waals surface area contributed by atoms with E-state index in [1.165, 1.54) is 22.7 Å². The molecule has 0 saturated carbocycles. The van der Waals surface area contributed by atoms with Crippen molar-refractivity contribution in [2.75, 3.05) is 0 Å². The van der Waals surface area contributed by atoms with Crippen molar-refractivity contribution in [3.8, 4) is 0 Å². The third-order valence-electron chi connectivity index (χ3n) is 4.61. The normalized spacial score (nSPS) is 11.3. The molecule has 0 fully saturated rings. The lowest BCUT2D eigenvalue weighted by molar-refractivity contribution is 0.626. The predicted molar refractivity (Wildman–Crippen MR) is 111 cm³/mol. The second-order valence-electron chi connectivity index (χ2n) is 6.62. The van der Waals surface area contributed by atoms with Gasteiger partial charge in [-0.2, -0.15) is 5.10 Å². The molecule has 0 unspecified atom stereocenters. The summed E-state index contributed by atoms with van der Waals surface area (Å²) in [5.74, 6) is 1.24. The van der Waals surface area contributed by atoms with Gasteiger partial charge in [0.25, 0.3) is 5.56 Å². The Hall–Kier alpha value is -3.14. The van der Waals surface area contributed by atoms with E-state index in [4.69, 9.17) is 4.98 Å². The SMILES string of the molecule is CCCCn1c(CSc2ncn[nH]2)nc2c1c(=O)[nH]c(=O)n2Cc1ccccc1. The van der Waals surface area contributed by atoms with Crippen molar-refractivity contribution in [3.05, 3.63) is 68.9 Å². The van der Waals surface area contributed by atoms with Crippen LogP contribution in [0, 0.1) is 0 Å². The van der Waals surface area contributed by atoms with Gasteiger partial charge in [-0.15, -0.1) is 0 Å². The second-order valence-corrected chi connectivity index (χ2v) is 7.58. The third-order valence-corrected chi connectivity index (χ3v) is 5.49. The van der Waals surface area contributed by atoms with E-state index in [1.54, 1.807) is 0 Å². The van der Waals surface area contributed by atoms with Gasteiger partial charge in [0.1, 0.15) is 12.2 Å². The summed E-state index contributed by atoms with van der Waals surface area (Å²) in [6.45, 7) is 3.09. The Morgan fingerprint density at radius 2 is 1.97 bits per heavy atom. The van der Waals surface area contributed by atoms with Crippen LogP contribution in [-0.2, 0) is 18.8 Å². The van der Waals surface area contributed by atoms with Crippen molar-refractivity contribution in [1.29, 1.82) is 0 Å². The van der Waals surface area contributed by atoms with Crippen LogP contribution in [0.2, 0.25) is 0 Å². The van der Waals surface area contributed by atoms with Gasteiger partial charge in [0.05, 0.1) is 12.3 Å². The minimum absolute atomic E-state index is 0.340. The molecule has 4 rings (SSSR count). The Morgan fingerprint density at radius 3 is 2.69 bits per heavy atom. The Labute approximate surface area is 170 Å². The molecule has 0 saturated heterocycles. The van der Waals surface area contributed by atoms with Crippen LogP contribution in [0.15, 0.2) is 51.4 Å². The van der Waals surface area contributed by atoms with E-state index in [0.717, 1.165) is 24.2 Å². The zero-order valence-electron chi connectivity index (χ0n) is 16.0. The van der Waals surface area contributed by atoms with Crippen LogP contribution in [0.3, 0.4) is 0 Å². The van der Waals surface area contributed by atoms with Gasteiger partial charge in [0.15, 0.2) is 16.3 Å². The van der Waals surface area contributed by atoms with Gasteiger partial charge in [-0.3, -0.25) is 19.4 Å². The molecular formula is C19H21N7O2S. The molecule has 9 nitrogen and oxygen atoms in total. The van der Waals surface area contributed by atoms with Crippen molar-refractivity contribution in [2.45, 2.75) is 43.8 Å². The second kappa shape index (κ2) is 8.48. The fourth-order valence-electron chi connectivity index (χ4n) is 3.19. The molecule has 3 heterocycles. The van der Waals surface area contributed by atoms with E-state index in [-0.39, 0.29) is 0 Å². The van der Waals surface area contributed by atoms with Crippen LogP contribution in [-0.4, -0.2) is 34.3 Å². The number of H-pyrrole nitrogens is 2. The third kappa shape index (κ3) is 4.02. The van der Waals surface area contributed by atoms with Crippen LogP contribution < -0.4 is 11.2 Å². The molecule has 0 aliphatic carbocycles. The van der Waals surface area contributed by atoms with Crippen LogP contribution in [0.4, 0.5) is 0 Å². The molecule has 4 aromatic rings. The number of aryl methyl sites for hydroxylation is 1. The van der Waals surface area contributed by atoms with Crippen molar-refractivity contribution in [1.82, 2.24) is 34.3 Å². The Kier molecular flexibility index (Phi) is 5.61. The first-order valence-corrected chi connectivity index (χ1v) is 10.4. The van der Waals surface area contributed by atoms with Gasteiger partial charge in [-0.25, -0.2) is 14.8 Å². The van der Waals surface area contributed by atoms with Crippen LogP contribution in [0.25, 0.3) is 11.2 Å². The minimum atomic E-state index is -0.457. The maximum Gasteiger partial charge on any atom is 0.330 e. The average Bonchev–Trinajstić information content (AvgIpc) is 3.36. The smallest absolute Gasteiger partial charge is 0.321 e. The Bertz CT molecular complexity index is 1210. The van der Waals surface area contributed by atoms with Gasteiger partial charge in [0, 0.05) is 6.54 Å². The average molecular weight is 411 g/mol. The first-order valence-electron chi connectivity index (χ1n) is 9.41. The molecule has 10 heteroatoms. The highest BCUT2D eigenvalue weighted by molar-refractivity contribution is 7.98. The fraction of sp³-hybridized carbons (Fsp3) is 0.316. The predicted octanol–water partition coefficient (Wildman–Crippen LogP) is 2.15. The van der Waals surface area contributed by atoms with Crippen molar-refractivity contribution in [2.24, 2.45) is 0 Å². The molecule has 0 radical (unpaired) electrons. The lowest BCUT2D eigenvalue weighted by Gasteiger charge is -2.08. The summed E-state index contributed by atoms with van der Waals surface area (Å²) < 4.78 is 3.44. The standard InChI is InChI=1S/C19H21N7O2S/c1-2-3-9-25-14(11-29-18-20-12-21-24-18)22-16-15(25)17(27)23-19(28)26(16)10-13-7-5-4-6-8-13/h4-8,12H,2-3,9-11H2,1H3,(H,20,21,24)(H,23,27,28). The number of thioether (sulfide) groups is 1. The first-order chi connectivity index (χ1) is 14.2. The fourth-order valence-corrected chi connectivity index (χ4v) is 3.92. The number of unbranched alkanes of at least 4 members (excludes halogenated alkanes) is 1. The summed E-state index contributed by atoms with van der Waals surface area (Å²) in [4.78, 5) is 36.5. The molecule has 0 aliphatic rings. The number of fused-ring (bicyclic) bond motifs is 1. The van der Waals surface area contributed by atoms with Crippen LogP contribution >= 0.6 is 11.8 Å². The number of aromatic nitrogens is 7. The van der Waals surface area contributed by atoms with Crippen molar-refractivity contribution >= 4 is 22.9 Å². The van der Waals surface area contributed by atoms with E-state index in [2.05, 4.69) is 27.1 Å². The molecule has 150 valence electrons. The molecular weight excluding hydrogens is 390 g/mol. The number of hydrogen-bond donors (Lipinski definition) is 2. The molecule has 3 aromatic heterocycles. The zero-order valence-corrected chi connectivity index (χ0v) is 16.8. The number of imidazole rings is 1. The van der Waals surface area contributed by atoms with Gasteiger partial charge in [-0.05, 0) is 12.0 Å². The Balaban J connectivity index is 1.81. The van der Waals surface area contributed by atoms with E-state index >= 15 is 0 Å². The molecule has 29 heavy (non-hydrogen) atoms. The summed E-state index contributed by atoms with van der Waals surface area (Å²) in [5, 5.41) is 7.34. The number of nitrogens with one attached hydrogen (secondary N) is 2. The molecule has 0 spiro atoms. The molecule has 1 aromatic carbocycles. The number of nitrogens with zero attached hydrogens (tertiary/aromatic N) is 5. The molecule has 0 bridgehead atoms. The molecule has 0 aliphatic heterocycles. The molecule has 0 amide bonds. The monoisotopic (exact) mass is 411 g/mol. The van der Waals surface area contributed by atoms with E-state index < -0.39 is 11.2 Å².